The first-order valence-electron chi connectivity index (χ1n) is 9.50. The van der Waals surface area contributed by atoms with Crippen molar-refractivity contribution in [3.63, 3.8) is 0 Å². The standard InChI is InChI=1S/C22H20F2N2O3S2/c1-14-7-2-4-9-16(14)25-19(27)11-6-12-26-20(28)18(31-22(26)30)13-15-8-3-5-10-17(15)29-21(23)24/h2-5,7-10,13,21H,6,11-12H2,1H3,(H,25,27)/b18-13+. The van der Waals surface area contributed by atoms with Crippen LogP contribution in [0.2, 0.25) is 0 Å². The number of alkyl halides is 2. The molecule has 1 heterocycles. The number of benzene rings is 2. The van der Waals surface area contributed by atoms with E-state index in [0.717, 1.165) is 23.0 Å². The molecule has 0 saturated carbocycles. The maximum Gasteiger partial charge on any atom is 0.387 e. The number of rotatable bonds is 8. The zero-order chi connectivity index (χ0) is 22.4. The van der Waals surface area contributed by atoms with Gasteiger partial charge in [0.05, 0.1) is 4.91 Å². The fourth-order valence-electron chi connectivity index (χ4n) is 2.96. The summed E-state index contributed by atoms with van der Waals surface area (Å²) in [6.07, 6.45) is 2.15. The molecule has 31 heavy (non-hydrogen) atoms. The first kappa shape index (κ1) is 22.9. The number of halogens is 2. The first-order valence-corrected chi connectivity index (χ1v) is 10.7. The van der Waals surface area contributed by atoms with Crippen molar-refractivity contribution in [1.82, 2.24) is 4.90 Å². The summed E-state index contributed by atoms with van der Waals surface area (Å²) < 4.78 is 30.1. The number of aryl methyl sites for hydroxylation is 1. The molecule has 1 saturated heterocycles. The highest BCUT2D eigenvalue weighted by atomic mass is 32.2. The van der Waals surface area contributed by atoms with E-state index in [1.807, 2.05) is 31.2 Å². The zero-order valence-corrected chi connectivity index (χ0v) is 18.3. The summed E-state index contributed by atoms with van der Waals surface area (Å²) in [4.78, 5) is 26.7. The van der Waals surface area contributed by atoms with Crippen LogP contribution in [0.4, 0.5) is 14.5 Å². The Hall–Kier alpha value is -2.78. The van der Waals surface area contributed by atoms with Crippen LogP contribution in [0, 0.1) is 6.92 Å². The van der Waals surface area contributed by atoms with Gasteiger partial charge in [-0.2, -0.15) is 8.78 Å². The molecule has 3 rings (SSSR count). The molecule has 5 nitrogen and oxygen atoms in total. The summed E-state index contributed by atoms with van der Waals surface area (Å²) in [6.45, 7) is -0.764. The van der Waals surface area contributed by atoms with Crippen LogP contribution in [-0.2, 0) is 9.59 Å². The maximum absolute atomic E-state index is 12.7. The molecule has 0 radical (unpaired) electrons. The van der Waals surface area contributed by atoms with Crippen LogP contribution in [0.5, 0.6) is 5.75 Å². The smallest absolute Gasteiger partial charge is 0.387 e. The minimum Gasteiger partial charge on any atom is -0.434 e. The third-order valence-corrected chi connectivity index (χ3v) is 5.88. The van der Waals surface area contributed by atoms with E-state index in [1.54, 1.807) is 18.2 Å². The van der Waals surface area contributed by atoms with Crippen LogP contribution >= 0.6 is 24.0 Å². The molecule has 0 aromatic heterocycles. The molecule has 1 aliphatic heterocycles. The Balaban J connectivity index is 1.59. The van der Waals surface area contributed by atoms with E-state index in [1.165, 1.54) is 17.0 Å². The predicted molar refractivity (Wildman–Crippen MR) is 122 cm³/mol. The molecule has 0 bridgehead atoms. The van der Waals surface area contributed by atoms with E-state index in [-0.39, 0.29) is 24.0 Å². The lowest BCUT2D eigenvalue weighted by Crippen LogP contribution is -2.29. The fourth-order valence-corrected chi connectivity index (χ4v) is 4.26. The maximum atomic E-state index is 12.7. The van der Waals surface area contributed by atoms with Gasteiger partial charge >= 0.3 is 6.61 Å². The predicted octanol–water partition coefficient (Wildman–Crippen LogP) is 5.22. The van der Waals surface area contributed by atoms with E-state index in [2.05, 4.69) is 10.1 Å². The second kappa shape index (κ2) is 10.5. The van der Waals surface area contributed by atoms with Gasteiger partial charge in [0, 0.05) is 24.2 Å². The Morgan fingerprint density at radius 2 is 1.94 bits per heavy atom. The summed E-state index contributed by atoms with van der Waals surface area (Å²) in [5, 5.41) is 2.85. The van der Waals surface area contributed by atoms with Crippen LogP contribution in [0.25, 0.3) is 6.08 Å². The summed E-state index contributed by atoms with van der Waals surface area (Å²) in [5.41, 5.74) is 2.08. The first-order chi connectivity index (χ1) is 14.8. The number of carbonyl (C=O) groups excluding carboxylic acids is 2. The molecule has 2 amide bonds. The van der Waals surface area contributed by atoms with Gasteiger partial charge in [-0.05, 0) is 37.1 Å². The van der Waals surface area contributed by atoms with E-state index in [9.17, 15) is 18.4 Å². The van der Waals surface area contributed by atoms with E-state index < -0.39 is 6.61 Å². The van der Waals surface area contributed by atoms with Crippen LogP contribution < -0.4 is 10.1 Å². The molecule has 0 unspecified atom stereocenters. The highest BCUT2D eigenvalue weighted by molar-refractivity contribution is 8.26. The van der Waals surface area contributed by atoms with Crippen molar-refractivity contribution >= 4 is 51.9 Å². The molecule has 1 fully saturated rings. The second-order valence-corrected chi connectivity index (χ2v) is 8.39. The average Bonchev–Trinajstić information content (AvgIpc) is 2.98. The summed E-state index contributed by atoms with van der Waals surface area (Å²) in [6, 6.07) is 13.7. The minimum atomic E-state index is -2.96. The summed E-state index contributed by atoms with van der Waals surface area (Å²) >= 11 is 6.38. The van der Waals surface area contributed by atoms with Crippen molar-refractivity contribution in [3.8, 4) is 5.75 Å². The topological polar surface area (TPSA) is 58.6 Å². The average molecular weight is 463 g/mol. The normalized spacial score (nSPS) is 15.1. The van der Waals surface area contributed by atoms with Crippen molar-refractivity contribution in [1.29, 1.82) is 0 Å². The van der Waals surface area contributed by atoms with Crippen molar-refractivity contribution in [2.75, 3.05) is 11.9 Å². The molecule has 2 aromatic rings. The number of para-hydroxylation sites is 2. The van der Waals surface area contributed by atoms with Gasteiger partial charge in [-0.25, -0.2) is 0 Å². The lowest BCUT2D eigenvalue weighted by molar-refractivity contribution is -0.122. The van der Waals surface area contributed by atoms with Crippen molar-refractivity contribution in [2.45, 2.75) is 26.4 Å². The van der Waals surface area contributed by atoms with Gasteiger partial charge in [0.25, 0.3) is 5.91 Å². The molecule has 0 aliphatic carbocycles. The molecular weight excluding hydrogens is 442 g/mol. The molecule has 1 N–H and O–H groups in total. The Kier molecular flexibility index (Phi) is 7.75. The second-order valence-electron chi connectivity index (χ2n) is 6.72. The summed E-state index contributed by atoms with van der Waals surface area (Å²) in [7, 11) is 0. The number of anilines is 1. The summed E-state index contributed by atoms with van der Waals surface area (Å²) in [5.74, 6) is -0.481. The minimum absolute atomic E-state index is 0.0179. The van der Waals surface area contributed by atoms with Crippen molar-refractivity contribution < 1.29 is 23.1 Å². The Morgan fingerprint density at radius 3 is 2.68 bits per heavy atom. The quantitative estimate of drug-likeness (QED) is 0.431. The van der Waals surface area contributed by atoms with E-state index in [4.69, 9.17) is 12.2 Å². The molecule has 162 valence electrons. The number of thiocarbonyl (C=S) groups is 1. The van der Waals surface area contributed by atoms with Gasteiger partial charge in [-0.15, -0.1) is 0 Å². The van der Waals surface area contributed by atoms with Crippen LogP contribution in [0.3, 0.4) is 0 Å². The highest BCUT2D eigenvalue weighted by Gasteiger charge is 2.32. The lowest BCUT2D eigenvalue weighted by atomic mass is 10.2. The molecule has 2 aromatic carbocycles. The Bertz CT molecular complexity index is 1030. The number of carbonyl (C=O) groups is 2. The van der Waals surface area contributed by atoms with Crippen LogP contribution in [0.15, 0.2) is 53.4 Å². The molecular formula is C22H20F2N2O3S2. The number of amides is 2. The van der Waals surface area contributed by atoms with E-state index >= 15 is 0 Å². The number of thioether (sulfide) groups is 1. The molecule has 9 heteroatoms. The van der Waals surface area contributed by atoms with E-state index in [0.29, 0.717) is 27.8 Å². The number of nitrogens with one attached hydrogen (secondary N) is 1. The number of hydrogen-bond donors (Lipinski definition) is 1. The number of nitrogens with zero attached hydrogens (tertiary/aromatic N) is 1. The van der Waals surface area contributed by atoms with Gasteiger partial charge in [-0.3, -0.25) is 14.5 Å². The Labute approximate surface area is 188 Å². The molecule has 0 spiro atoms. The van der Waals surface area contributed by atoms with Crippen LogP contribution in [0.1, 0.15) is 24.0 Å². The van der Waals surface area contributed by atoms with Gasteiger partial charge in [0.1, 0.15) is 10.1 Å². The van der Waals surface area contributed by atoms with Crippen molar-refractivity contribution in [2.24, 2.45) is 0 Å². The highest BCUT2D eigenvalue weighted by Crippen LogP contribution is 2.34. The SMILES string of the molecule is Cc1ccccc1NC(=O)CCCN1C(=O)/C(=C\c2ccccc2OC(F)F)SC1=S. The van der Waals surface area contributed by atoms with Crippen LogP contribution in [-0.4, -0.2) is 34.2 Å². The fraction of sp³-hybridized carbons (Fsp3) is 0.227. The number of hydrogen-bond acceptors (Lipinski definition) is 5. The van der Waals surface area contributed by atoms with Crippen molar-refractivity contribution in [3.05, 3.63) is 64.6 Å². The largest absolute Gasteiger partial charge is 0.434 e. The Morgan fingerprint density at radius 1 is 1.23 bits per heavy atom. The van der Waals surface area contributed by atoms with Gasteiger partial charge < -0.3 is 10.1 Å². The van der Waals surface area contributed by atoms with Gasteiger partial charge in [0.15, 0.2) is 0 Å². The molecule has 1 aliphatic rings. The van der Waals surface area contributed by atoms with Gasteiger partial charge in [-0.1, -0.05) is 60.4 Å². The monoisotopic (exact) mass is 462 g/mol. The number of ether oxygens (including phenoxy) is 1. The third-order valence-electron chi connectivity index (χ3n) is 4.50. The third kappa shape index (κ3) is 6.11. The van der Waals surface area contributed by atoms with Gasteiger partial charge in [0.2, 0.25) is 5.91 Å². The zero-order valence-electron chi connectivity index (χ0n) is 16.6. The molecule has 0 atom stereocenters. The lowest BCUT2D eigenvalue weighted by Gasteiger charge is -2.14.